The van der Waals surface area contributed by atoms with Crippen molar-refractivity contribution in [2.75, 3.05) is 25.0 Å². The quantitative estimate of drug-likeness (QED) is 0.880. The maximum atomic E-state index is 13.0. The van der Waals surface area contributed by atoms with E-state index in [0.29, 0.717) is 5.69 Å². The lowest BCUT2D eigenvalue weighted by molar-refractivity contribution is 0.157. The van der Waals surface area contributed by atoms with Gasteiger partial charge < -0.3 is 10.2 Å². The van der Waals surface area contributed by atoms with Gasteiger partial charge in [0.25, 0.3) is 0 Å². The van der Waals surface area contributed by atoms with Crippen LogP contribution in [0.3, 0.4) is 0 Å². The Morgan fingerprint density at radius 3 is 2.44 bits per heavy atom. The van der Waals surface area contributed by atoms with Crippen LogP contribution in [-0.2, 0) is 10.0 Å². The molecule has 2 amide bonds. The summed E-state index contributed by atoms with van der Waals surface area (Å²) in [5.74, 6) is 0. The second-order valence-electron chi connectivity index (χ2n) is 6.31. The standard InChI is InChI=1S/C19H20N4O3S/c1-15-14-22(19(24)21-17-8-3-2-4-9-17)11-12-23(15)27(25,26)18-10-6-5-7-16(18)13-20/h2-10,15H,11-12,14H2,1H3,(H,21,24). The second-order valence-corrected chi connectivity index (χ2v) is 8.17. The van der Waals surface area contributed by atoms with Gasteiger partial charge in [0.15, 0.2) is 0 Å². The summed E-state index contributed by atoms with van der Waals surface area (Å²) >= 11 is 0. The van der Waals surface area contributed by atoms with Gasteiger partial charge in [0.05, 0.1) is 10.5 Å². The molecule has 7 nitrogen and oxygen atoms in total. The minimum absolute atomic E-state index is 0.00142. The van der Waals surface area contributed by atoms with Crippen molar-refractivity contribution in [1.82, 2.24) is 9.21 Å². The van der Waals surface area contributed by atoms with Gasteiger partial charge in [0, 0.05) is 31.4 Å². The number of carbonyl (C=O) groups excluding carboxylic acids is 1. The summed E-state index contributed by atoms with van der Waals surface area (Å²) in [7, 11) is -3.81. The molecule has 0 spiro atoms. The highest BCUT2D eigenvalue weighted by Gasteiger charge is 2.36. The van der Waals surface area contributed by atoms with Crippen LogP contribution in [0.5, 0.6) is 0 Å². The topological polar surface area (TPSA) is 93.5 Å². The molecule has 0 aliphatic carbocycles. The first-order chi connectivity index (χ1) is 12.9. The molecule has 3 rings (SSSR count). The number of nitrogens with zero attached hydrogens (tertiary/aromatic N) is 3. The Balaban J connectivity index is 1.73. The van der Waals surface area contributed by atoms with E-state index in [9.17, 15) is 18.5 Å². The zero-order valence-electron chi connectivity index (χ0n) is 14.9. The number of benzene rings is 2. The number of amides is 2. The monoisotopic (exact) mass is 384 g/mol. The molecule has 1 heterocycles. The first kappa shape index (κ1) is 18.9. The molecule has 0 aromatic heterocycles. The predicted octanol–water partition coefficient (Wildman–Crippen LogP) is 2.49. The summed E-state index contributed by atoms with van der Waals surface area (Å²) in [6.07, 6.45) is 0. The Bertz CT molecular complexity index is 970. The van der Waals surface area contributed by atoms with Crippen molar-refractivity contribution in [2.24, 2.45) is 0 Å². The van der Waals surface area contributed by atoms with Crippen molar-refractivity contribution >= 4 is 21.7 Å². The summed E-state index contributed by atoms with van der Waals surface area (Å²) in [6.45, 7) is 2.48. The molecule has 1 N–H and O–H groups in total. The van der Waals surface area contributed by atoms with E-state index in [1.165, 1.54) is 16.4 Å². The van der Waals surface area contributed by atoms with Crippen molar-refractivity contribution in [3.05, 3.63) is 60.2 Å². The molecule has 1 fully saturated rings. The molecular weight excluding hydrogens is 364 g/mol. The number of piperazine rings is 1. The number of nitriles is 1. The van der Waals surface area contributed by atoms with Gasteiger partial charge in [-0.3, -0.25) is 0 Å². The fourth-order valence-corrected chi connectivity index (χ4v) is 4.87. The Kier molecular flexibility index (Phi) is 5.44. The number of hydrogen-bond acceptors (Lipinski definition) is 4. The van der Waals surface area contributed by atoms with Gasteiger partial charge in [-0.2, -0.15) is 9.57 Å². The van der Waals surface area contributed by atoms with Gasteiger partial charge >= 0.3 is 6.03 Å². The Hall–Kier alpha value is -2.89. The maximum absolute atomic E-state index is 13.0. The highest BCUT2D eigenvalue weighted by molar-refractivity contribution is 7.89. The number of sulfonamides is 1. The van der Waals surface area contributed by atoms with E-state index in [4.69, 9.17) is 0 Å². The van der Waals surface area contributed by atoms with E-state index in [1.54, 1.807) is 36.1 Å². The Morgan fingerprint density at radius 1 is 1.11 bits per heavy atom. The third-order valence-electron chi connectivity index (χ3n) is 4.47. The minimum Gasteiger partial charge on any atom is -0.322 e. The molecule has 1 aliphatic rings. The highest BCUT2D eigenvalue weighted by atomic mass is 32.2. The summed E-state index contributed by atoms with van der Waals surface area (Å²) in [4.78, 5) is 14.0. The van der Waals surface area contributed by atoms with Crippen molar-refractivity contribution in [3.63, 3.8) is 0 Å². The Labute approximate surface area is 158 Å². The zero-order chi connectivity index (χ0) is 19.4. The molecule has 2 aromatic rings. The number of para-hydroxylation sites is 1. The lowest BCUT2D eigenvalue weighted by Gasteiger charge is -2.38. The lowest BCUT2D eigenvalue weighted by Crippen LogP contribution is -2.56. The molecule has 140 valence electrons. The van der Waals surface area contributed by atoms with Crippen LogP contribution in [0.4, 0.5) is 10.5 Å². The maximum Gasteiger partial charge on any atom is 0.321 e. The van der Waals surface area contributed by atoms with Crippen LogP contribution in [0.1, 0.15) is 12.5 Å². The number of carbonyl (C=O) groups is 1. The molecule has 8 heteroatoms. The smallest absolute Gasteiger partial charge is 0.321 e. The van der Waals surface area contributed by atoms with Crippen LogP contribution in [0, 0.1) is 11.3 Å². The molecule has 1 atom stereocenters. The van der Waals surface area contributed by atoms with E-state index >= 15 is 0 Å². The van der Waals surface area contributed by atoms with Gasteiger partial charge in [0.2, 0.25) is 10.0 Å². The fourth-order valence-electron chi connectivity index (χ4n) is 3.12. The molecule has 1 saturated heterocycles. The van der Waals surface area contributed by atoms with Gasteiger partial charge in [0.1, 0.15) is 6.07 Å². The second kappa shape index (κ2) is 7.78. The van der Waals surface area contributed by atoms with Gasteiger partial charge in [-0.25, -0.2) is 13.2 Å². The molecule has 0 radical (unpaired) electrons. The number of anilines is 1. The summed E-state index contributed by atoms with van der Waals surface area (Å²) in [5.41, 5.74) is 0.808. The summed E-state index contributed by atoms with van der Waals surface area (Å²) < 4.78 is 27.4. The minimum atomic E-state index is -3.81. The van der Waals surface area contributed by atoms with Crippen LogP contribution in [0.25, 0.3) is 0 Å². The molecular formula is C19H20N4O3S. The van der Waals surface area contributed by atoms with Gasteiger partial charge in [-0.1, -0.05) is 30.3 Å². The SMILES string of the molecule is CC1CN(C(=O)Nc2ccccc2)CCN1S(=O)(=O)c1ccccc1C#N. The normalized spacial score (nSPS) is 17.9. The molecule has 0 bridgehead atoms. The fraction of sp³-hybridized carbons (Fsp3) is 0.263. The Morgan fingerprint density at radius 2 is 1.78 bits per heavy atom. The van der Waals surface area contributed by atoms with E-state index < -0.39 is 16.1 Å². The van der Waals surface area contributed by atoms with Crippen LogP contribution < -0.4 is 5.32 Å². The molecule has 27 heavy (non-hydrogen) atoms. The molecule has 1 unspecified atom stereocenters. The third kappa shape index (κ3) is 3.94. The highest BCUT2D eigenvalue weighted by Crippen LogP contribution is 2.24. The average molecular weight is 384 g/mol. The first-order valence-corrected chi connectivity index (χ1v) is 9.99. The number of nitrogens with one attached hydrogen (secondary N) is 1. The summed E-state index contributed by atoms with van der Waals surface area (Å²) in [6, 6.07) is 16.5. The van der Waals surface area contributed by atoms with Crippen LogP contribution in [0.15, 0.2) is 59.5 Å². The third-order valence-corrected chi connectivity index (χ3v) is 6.54. The van der Waals surface area contributed by atoms with Crippen molar-refractivity contribution in [2.45, 2.75) is 17.9 Å². The van der Waals surface area contributed by atoms with Gasteiger partial charge in [-0.15, -0.1) is 0 Å². The van der Waals surface area contributed by atoms with E-state index in [0.717, 1.165) is 0 Å². The van der Waals surface area contributed by atoms with Crippen LogP contribution >= 0.6 is 0 Å². The van der Waals surface area contributed by atoms with Crippen LogP contribution in [-0.4, -0.2) is 49.3 Å². The predicted molar refractivity (Wildman–Crippen MR) is 102 cm³/mol. The molecule has 1 aliphatic heterocycles. The van der Waals surface area contributed by atoms with Crippen molar-refractivity contribution in [1.29, 1.82) is 5.26 Å². The zero-order valence-corrected chi connectivity index (χ0v) is 15.7. The van der Waals surface area contributed by atoms with E-state index in [1.807, 2.05) is 24.3 Å². The first-order valence-electron chi connectivity index (χ1n) is 8.55. The van der Waals surface area contributed by atoms with Crippen molar-refractivity contribution in [3.8, 4) is 6.07 Å². The van der Waals surface area contributed by atoms with Gasteiger partial charge in [-0.05, 0) is 31.2 Å². The number of hydrogen-bond donors (Lipinski definition) is 1. The lowest BCUT2D eigenvalue weighted by atomic mass is 10.2. The summed E-state index contributed by atoms with van der Waals surface area (Å²) in [5, 5.41) is 12.0. The largest absolute Gasteiger partial charge is 0.322 e. The molecule has 0 saturated carbocycles. The van der Waals surface area contributed by atoms with E-state index in [2.05, 4.69) is 5.32 Å². The van der Waals surface area contributed by atoms with E-state index in [-0.39, 0.29) is 36.1 Å². The average Bonchev–Trinajstić information content (AvgIpc) is 2.68. The van der Waals surface area contributed by atoms with Crippen molar-refractivity contribution < 1.29 is 13.2 Å². The number of urea groups is 1. The van der Waals surface area contributed by atoms with Crippen LogP contribution in [0.2, 0.25) is 0 Å². The number of rotatable bonds is 3. The molecule has 2 aromatic carbocycles.